The molecule has 1 fully saturated rings. The maximum absolute atomic E-state index is 4.30. The van der Waals surface area contributed by atoms with E-state index in [4.69, 9.17) is 0 Å². The minimum Gasteiger partial charge on any atom is -0.309 e. The van der Waals surface area contributed by atoms with Crippen molar-refractivity contribution < 1.29 is 0 Å². The molecule has 0 radical (unpaired) electrons. The van der Waals surface area contributed by atoms with Gasteiger partial charge in [-0.15, -0.1) is 0 Å². The van der Waals surface area contributed by atoms with Crippen molar-refractivity contribution >= 4 is 15.9 Å². The van der Waals surface area contributed by atoms with E-state index in [-0.39, 0.29) is 0 Å². The number of hydrogen-bond acceptors (Lipinski definition) is 2. The summed E-state index contributed by atoms with van der Waals surface area (Å²) in [6.07, 6.45) is 3.79. The highest BCUT2D eigenvalue weighted by molar-refractivity contribution is 9.10. The Morgan fingerprint density at radius 3 is 2.85 bits per heavy atom. The van der Waals surface area contributed by atoms with Gasteiger partial charge in [-0.1, -0.05) is 6.42 Å². The van der Waals surface area contributed by atoms with Gasteiger partial charge in [0.05, 0.1) is 16.2 Å². The summed E-state index contributed by atoms with van der Waals surface area (Å²) < 4.78 is 1.13. The van der Waals surface area contributed by atoms with E-state index in [1.165, 1.54) is 19.3 Å². The molecule has 3 nitrogen and oxygen atoms in total. The largest absolute Gasteiger partial charge is 0.309 e. The highest BCUT2D eigenvalue weighted by Gasteiger charge is 2.20. The van der Waals surface area contributed by atoms with E-state index >= 15 is 0 Å². The lowest BCUT2D eigenvalue weighted by atomic mass is 10.0. The van der Waals surface area contributed by atoms with Crippen molar-refractivity contribution in [3.63, 3.8) is 0 Å². The summed E-state index contributed by atoms with van der Waals surface area (Å²) in [5, 5.41) is 10.8. The smallest absolute Gasteiger partial charge is 0.0936 e. The SMILES string of the molecule is Cc1[nH]nc(C2CCCCN2)c1Br. The van der Waals surface area contributed by atoms with Crippen molar-refractivity contribution in [2.45, 2.75) is 32.2 Å². The minimum absolute atomic E-state index is 0.438. The zero-order valence-electron chi connectivity index (χ0n) is 7.73. The van der Waals surface area contributed by atoms with Crippen LogP contribution in [0.25, 0.3) is 0 Å². The number of halogens is 1. The molecule has 1 atom stereocenters. The predicted molar refractivity (Wildman–Crippen MR) is 55.6 cm³/mol. The Bertz CT molecular complexity index is 289. The molecular formula is C9H14BrN3. The van der Waals surface area contributed by atoms with Crippen molar-refractivity contribution in [3.8, 4) is 0 Å². The fourth-order valence-electron chi connectivity index (χ4n) is 1.75. The van der Waals surface area contributed by atoms with Gasteiger partial charge in [0.15, 0.2) is 0 Å². The summed E-state index contributed by atoms with van der Waals surface area (Å²) in [7, 11) is 0. The molecule has 1 aliphatic rings. The molecule has 1 saturated heterocycles. The third-order valence-corrected chi connectivity index (χ3v) is 3.54. The third kappa shape index (κ3) is 1.79. The number of H-pyrrole nitrogens is 1. The van der Waals surface area contributed by atoms with Gasteiger partial charge in [-0.2, -0.15) is 5.10 Å². The van der Waals surface area contributed by atoms with E-state index in [2.05, 4.69) is 31.4 Å². The Morgan fingerprint density at radius 2 is 2.31 bits per heavy atom. The van der Waals surface area contributed by atoms with Crippen molar-refractivity contribution in [2.24, 2.45) is 0 Å². The van der Waals surface area contributed by atoms with Crippen molar-refractivity contribution in [1.82, 2.24) is 15.5 Å². The minimum atomic E-state index is 0.438. The summed E-state index contributed by atoms with van der Waals surface area (Å²) in [5.41, 5.74) is 2.25. The number of rotatable bonds is 1. The number of hydrogen-bond donors (Lipinski definition) is 2. The number of aromatic nitrogens is 2. The molecule has 0 spiro atoms. The van der Waals surface area contributed by atoms with Crippen molar-refractivity contribution in [3.05, 3.63) is 15.9 Å². The molecule has 0 aromatic carbocycles. The third-order valence-electron chi connectivity index (χ3n) is 2.54. The van der Waals surface area contributed by atoms with E-state index < -0.39 is 0 Å². The van der Waals surface area contributed by atoms with E-state index in [1.54, 1.807) is 0 Å². The first kappa shape index (κ1) is 9.21. The summed E-state index contributed by atoms with van der Waals surface area (Å²) in [5.74, 6) is 0. The molecule has 72 valence electrons. The van der Waals surface area contributed by atoms with Crippen molar-refractivity contribution in [2.75, 3.05) is 6.54 Å². The molecule has 2 heterocycles. The fourth-order valence-corrected chi connectivity index (χ4v) is 2.20. The van der Waals surface area contributed by atoms with Crippen LogP contribution in [-0.4, -0.2) is 16.7 Å². The van der Waals surface area contributed by atoms with Crippen molar-refractivity contribution in [1.29, 1.82) is 0 Å². The number of piperidine rings is 1. The van der Waals surface area contributed by atoms with Crippen LogP contribution in [0.5, 0.6) is 0 Å². The van der Waals surface area contributed by atoms with Gasteiger partial charge < -0.3 is 5.32 Å². The molecule has 1 aliphatic heterocycles. The first-order valence-corrected chi connectivity index (χ1v) is 5.52. The predicted octanol–water partition coefficient (Wildman–Crippen LogP) is 2.30. The quantitative estimate of drug-likeness (QED) is 0.795. The van der Waals surface area contributed by atoms with Crippen LogP contribution in [0.3, 0.4) is 0 Å². The summed E-state index contributed by atoms with van der Waals surface area (Å²) >= 11 is 3.55. The first-order chi connectivity index (χ1) is 6.29. The van der Waals surface area contributed by atoms with E-state index in [0.29, 0.717) is 6.04 Å². The van der Waals surface area contributed by atoms with Gasteiger partial charge in [-0.25, -0.2) is 0 Å². The molecule has 0 amide bonds. The van der Waals surface area contributed by atoms with Crippen LogP contribution in [0.2, 0.25) is 0 Å². The highest BCUT2D eigenvalue weighted by atomic mass is 79.9. The maximum Gasteiger partial charge on any atom is 0.0936 e. The molecule has 13 heavy (non-hydrogen) atoms. The lowest BCUT2D eigenvalue weighted by Crippen LogP contribution is -2.27. The molecule has 4 heteroatoms. The average Bonchev–Trinajstić information content (AvgIpc) is 2.49. The Kier molecular flexibility index (Phi) is 2.69. The average molecular weight is 244 g/mol. The fraction of sp³-hybridized carbons (Fsp3) is 0.667. The second-order valence-electron chi connectivity index (χ2n) is 3.55. The van der Waals surface area contributed by atoms with E-state index in [1.807, 2.05) is 6.92 Å². The topological polar surface area (TPSA) is 40.7 Å². The zero-order valence-corrected chi connectivity index (χ0v) is 9.32. The Labute approximate surface area is 86.4 Å². The molecule has 2 rings (SSSR count). The van der Waals surface area contributed by atoms with Crippen LogP contribution >= 0.6 is 15.9 Å². The first-order valence-electron chi connectivity index (χ1n) is 4.73. The number of nitrogens with one attached hydrogen (secondary N) is 2. The summed E-state index contributed by atoms with van der Waals surface area (Å²) in [4.78, 5) is 0. The number of nitrogens with zero attached hydrogens (tertiary/aromatic N) is 1. The molecule has 1 aromatic rings. The Balaban J connectivity index is 2.18. The molecule has 0 aliphatic carbocycles. The van der Waals surface area contributed by atoms with Crippen LogP contribution in [0, 0.1) is 6.92 Å². The second kappa shape index (κ2) is 3.80. The van der Waals surface area contributed by atoms with E-state index in [0.717, 1.165) is 22.4 Å². The molecule has 1 aromatic heterocycles. The summed E-state index contributed by atoms with van der Waals surface area (Å²) in [6, 6.07) is 0.438. The molecule has 0 bridgehead atoms. The van der Waals surface area contributed by atoms with Gasteiger partial charge in [0, 0.05) is 5.69 Å². The monoisotopic (exact) mass is 243 g/mol. The lowest BCUT2D eigenvalue weighted by molar-refractivity contribution is 0.404. The van der Waals surface area contributed by atoms with Crippen LogP contribution < -0.4 is 5.32 Å². The van der Waals surface area contributed by atoms with Crippen LogP contribution in [0.1, 0.15) is 36.7 Å². The van der Waals surface area contributed by atoms with Gasteiger partial charge in [0.1, 0.15) is 0 Å². The number of aromatic amines is 1. The second-order valence-corrected chi connectivity index (χ2v) is 4.34. The molecule has 0 saturated carbocycles. The van der Waals surface area contributed by atoms with Gasteiger partial charge in [0.25, 0.3) is 0 Å². The van der Waals surface area contributed by atoms with Crippen LogP contribution in [0.15, 0.2) is 4.47 Å². The Hall–Kier alpha value is -0.350. The number of aryl methyl sites for hydroxylation is 1. The molecule has 2 N–H and O–H groups in total. The van der Waals surface area contributed by atoms with Gasteiger partial charge in [-0.05, 0) is 42.2 Å². The van der Waals surface area contributed by atoms with E-state index in [9.17, 15) is 0 Å². The van der Waals surface area contributed by atoms with Gasteiger partial charge >= 0.3 is 0 Å². The van der Waals surface area contributed by atoms with Crippen LogP contribution in [0.4, 0.5) is 0 Å². The standard InChI is InChI=1S/C9H14BrN3/c1-6-8(10)9(13-12-6)7-4-2-3-5-11-7/h7,11H,2-5H2,1H3,(H,12,13). The highest BCUT2D eigenvalue weighted by Crippen LogP contribution is 2.28. The van der Waals surface area contributed by atoms with Crippen LogP contribution in [-0.2, 0) is 0 Å². The lowest BCUT2D eigenvalue weighted by Gasteiger charge is -2.21. The normalized spacial score (nSPS) is 23.4. The Morgan fingerprint density at radius 1 is 1.46 bits per heavy atom. The van der Waals surface area contributed by atoms with Gasteiger partial charge in [-0.3, -0.25) is 5.10 Å². The van der Waals surface area contributed by atoms with Gasteiger partial charge in [0.2, 0.25) is 0 Å². The molecule has 1 unspecified atom stereocenters. The summed E-state index contributed by atoms with van der Waals surface area (Å²) in [6.45, 7) is 3.15. The molecular weight excluding hydrogens is 230 g/mol. The maximum atomic E-state index is 4.30. The zero-order chi connectivity index (χ0) is 9.26.